The molecule has 0 spiro atoms. The third-order valence-electron chi connectivity index (χ3n) is 2.47. The smallest absolute Gasteiger partial charge is 0.274 e. The fourth-order valence-corrected chi connectivity index (χ4v) is 1.51. The van der Waals surface area contributed by atoms with Crippen LogP contribution in [0.2, 0.25) is 0 Å². The molecule has 3 nitrogen and oxygen atoms in total. The van der Waals surface area contributed by atoms with Gasteiger partial charge in [0.05, 0.1) is 20.6 Å². The van der Waals surface area contributed by atoms with Crippen LogP contribution in [0.15, 0.2) is 0 Å². The first-order valence-corrected chi connectivity index (χ1v) is 5.54. The highest BCUT2D eigenvalue weighted by Gasteiger charge is 2.18. The second kappa shape index (κ2) is 6.82. The summed E-state index contributed by atoms with van der Waals surface area (Å²) in [5.41, 5.74) is 0. The third-order valence-corrected chi connectivity index (χ3v) is 2.47. The molecule has 0 aromatic carbocycles. The van der Waals surface area contributed by atoms with Crippen molar-refractivity contribution in [1.82, 2.24) is 5.32 Å². The monoisotopic (exact) mass is 201 g/mol. The number of unbranched alkanes of at least 4 members (excludes halogenated alkanes) is 3. The number of nitrogens with one attached hydrogen (secondary N) is 1. The van der Waals surface area contributed by atoms with Gasteiger partial charge in [0.2, 0.25) is 0 Å². The summed E-state index contributed by atoms with van der Waals surface area (Å²) in [6.45, 7) is 3.89. The third kappa shape index (κ3) is 6.89. The lowest BCUT2D eigenvalue weighted by Crippen LogP contribution is -2.47. The van der Waals surface area contributed by atoms with E-state index in [-0.39, 0.29) is 5.91 Å². The van der Waals surface area contributed by atoms with Gasteiger partial charge >= 0.3 is 0 Å². The van der Waals surface area contributed by atoms with E-state index in [2.05, 4.69) is 26.3 Å². The van der Waals surface area contributed by atoms with Crippen LogP contribution in [-0.2, 0) is 4.79 Å². The molecule has 0 aromatic heterocycles. The number of hydrogen-bond acceptors (Lipinski definition) is 1. The molecule has 0 aliphatic rings. The number of carbonyl (C=O) groups excluding carboxylic acids is 1. The standard InChI is InChI=1S/C11H24N2O/c1-5-6-7-8-9-13(3,4)10-11(14)12-2/h5-10H2,1-4H3/p+1. The Morgan fingerprint density at radius 2 is 1.86 bits per heavy atom. The Hall–Kier alpha value is -0.570. The number of hydrogen-bond donors (Lipinski definition) is 1. The molecule has 0 fully saturated rings. The van der Waals surface area contributed by atoms with E-state index < -0.39 is 0 Å². The van der Waals surface area contributed by atoms with Crippen molar-refractivity contribution in [3.05, 3.63) is 0 Å². The van der Waals surface area contributed by atoms with E-state index in [1.54, 1.807) is 7.05 Å². The topological polar surface area (TPSA) is 29.1 Å². The number of amides is 1. The highest BCUT2D eigenvalue weighted by Crippen LogP contribution is 2.04. The van der Waals surface area contributed by atoms with E-state index in [9.17, 15) is 4.79 Å². The first kappa shape index (κ1) is 13.4. The Balaban J connectivity index is 3.66. The molecule has 0 bridgehead atoms. The molecule has 3 heteroatoms. The van der Waals surface area contributed by atoms with Crippen LogP contribution in [0.3, 0.4) is 0 Å². The van der Waals surface area contributed by atoms with Gasteiger partial charge in [0.1, 0.15) is 0 Å². The quantitative estimate of drug-likeness (QED) is 0.489. The van der Waals surface area contributed by atoms with Gasteiger partial charge in [-0.15, -0.1) is 0 Å². The summed E-state index contributed by atoms with van der Waals surface area (Å²) < 4.78 is 0.795. The van der Waals surface area contributed by atoms with Gasteiger partial charge in [0.15, 0.2) is 6.54 Å². The lowest BCUT2D eigenvalue weighted by Gasteiger charge is -2.28. The van der Waals surface area contributed by atoms with Gasteiger partial charge in [-0.05, 0) is 12.8 Å². The van der Waals surface area contributed by atoms with Gasteiger partial charge in [-0.1, -0.05) is 19.8 Å². The molecule has 0 saturated heterocycles. The Kier molecular flexibility index (Phi) is 6.54. The number of quaternary nitrogens is 1. The maximum atomic E-state index is 11.2. The molecule has 1 amide bonds. The first-order chi connectivity index (χ1) is 6.52. The van der Waals surface area contributed by atoms with Crippen molar-refractivity contribution in [3.8, 4) is 0 Å². The van der Waals surface area contributed by atoms with E-state index in [1.165, 1.54) is 25.7 Å². The lowest BCUT2D eigenvalue weighted by atomic mass is 10.2. The predicted octanol–water partition coefficient (Wildman–Crippen LogP) is 1.39. The van der Waals surface area contributed by atoms with Crippen molar-refractivity contribution in [2.24, 2.45) is 0 Å². The van der Waals surface area contributed by atoms with Gasteiger partial charge < -0.3 is 9.80 Å². The summed E-state index contributed by atoms with van der Waals surface area (Å²) in [7, 11) is 5.92. The van der Waals surface area contributed by atoms with Crippen LogP contribution in [0.5, 0.6) is 0 Å². The van der Waals surface area contributed by atoms with Crippen LogP contribution in [0.1, 0.15) is 32.6 Å². The molecule has 0 aliphatic carbocycles. The van der Waals surface area contributed by atoms with Gasteiger partial charge in [0, 0.05) is 7.05 Å². The van der Waals surface area contributed by atoms with Crippen LogP contribution in [0.4, 0.5) is 0 Å². The maximum Gasteiger partial charge on any atom is 0.274 e. The summed E-state index contributed by atoms with van der Waals surface area (Å²) in [5, 5.41) is 2.67. The molecular formula is C11H25N2O+. The second-order valence-corrected chi connectivity index (χ2v) is 4.55. The Morgan fingerprint density at radius 1 is 1.21 bits per heavy atom. The minimum atomic E-state index is 0.130. The summed E-state index contributed by atoms with van der Waals surface area (Å²) in [6, 6.07) is 0. The Labute approximate surface area is 88.1 Å². The lowest BCUT2D eigenvalue weighted by molar-refractivity contribution is -0.882. The van der Waals surface area contributed by atoms with E-state index in [0.717, 1.165) is 11.0 Å². The predicted molar refractivity (Wildman–Crippen MR) is 60.1 cm³/mol. The zero-order chi connectivity index (χ0) is 11.0. The number of likely N-dealkylation sites (N-methyl/N-ethyl adjacent to an activating group) is 2. The van der Waals surface area contributed by atoms with E-state index in [4.69, 9.17) is 0 Å². The summed E-state index contributed by atoms with van der Waals surface area (Å²) in [4.78, 5) is 11.2. The van der Waals surface area contributed by atoms with Crippen LogP contribution in [-0.4, -0.2) is 44.6 Å². The molecule has 0 heterocycles. The molecule has 84 valence electrons. The van der Waals surface area contributed by atoms with Crippen LogP contribution >= 0.6 is 0 Å². The SMILES string of the molecule is CCCCCC[N+](C)(C)CC(=O)NC. The number of nitrogens with zero attached hydrogens (tertiary/aromatic N) is 1. The van der Waals surface area contributed by atoms with Crippen molar-refractivity contribution in [2.75, 3.05) is 34.2 Å². The molecular weight excluding hydrogens is 176 g/mol. The van der Waals surface area contributed by atoms with E-state index in [1.807, 2.05) is 0 Å². The molecule has 1 N–H and O–H groups in total. The van der Waals surface area contributed by atoms with Crippen molar-refractivity contribution in [3.63, 3.8) is 0 Å². The fraction of sp³-hybridized carbons (Fsp3) is 0.909. The van der Waals surface area contributed by atoms with Crippen LogP contribution < -0.4 is 5.32 Å². The number of carbonyl (C=O) groups is 1. The zero-order valence-corrected chi connectivity index (χ0v) is 10.1. The Bertz CT molecular complexity index is 167. The molecule has 0 rings (SSSR count). The largest absolute Gasteiger partial charge is 0.354 e. The van der Waals surface area contributed by atoms with E-state index in [0.29, 0.717) is 6.54 Å². The minimum Gasteiger partial charge on any atom is -0.354 e. The zero-order valence-electron chi connectivity index (χ0n) is 10.1. The summed E-state index contributed by atoms with van der Waals surface area (Å²) in [5.74, 6) is 0.130. The first-order valence-electron chi connectivity index (χ1n) is 5.54. The van der Waals surface area contributed by atoms with Crippen LogP contribution in [0.25, 0.3) is 0 Å². The second-order valence-electron chi connectivity index (χ2n) is 4.55. The average Bonchev–Trinajstić information content (AvgIpc) is 2.12. The normalized spacial score (nSPS) is 11.4. The highest BCUT2D eigenvalue weighted by molar-refractivity contribution is 5.76. The molecule has 0 saturated carbocycles. The molecule has 0 aliphatic heterocycles. The maximum absolute atomic E-state index is 11.2. The molecule has 0 aromatic rings. The molecule has 14 heavy (non-hydrogen) atoms. The summed E-state index contributed by atoms with van der Waals surface area (Å²) >= 11 is 0. The van der Waals surface area contributed by atoms with Gasteiger partial charge in [-0.3, -0.25) is 4.79 Å². The van der Waals surface area contributed by atoms with Crippen molar-refractivity contribution in [1.29, 1.82) is 0 Å². The summed E-state index contributed by atoms with van der Waals surface area (Å²) in [6.07, 6.45) is 5.08. The van der Waals surface area contributed by atoms with Gasteiger partial charge in [0.25, 0.3) is 5.91 Å². The minimum absolute atomic E-state index is 0.130. The number of rotatable bonds is 7. The Morgan fingerprint density at radius 3 is 2.36 bits per heavy atom. The van der Waals surface area contributed by atoms with Crippen molar-refractivity contribution < 1.29 is 9.28 Å². The van der Waals surface area contributed by atoms with Gasteiger partial charge in [-0.25, -0.2) is 0 Å². The van der Waals surface area contributed by atoms with Crippen molar-refractivity contribution >= 4 is 5.91 Å². The molecule has 0 radical (unpaired) electrons. The molecule has 0 atom stereocenters. The average molecular weight is 201 g/mol. The van der Waals surface area contributed by atoms with Crippen molar-refractivity contribution in [2.45, 2.75) is 32.6 Å². The van der Waals surface area contributed by atoms with E-state index >= 15 is 0 Å². The fourth-order valence-electron chi connectivity index (χ4n) is 1.51. The highest BCUT2D eigenvalue weighted by atomic mass is 16.2. The molecule has 0 unspecified atom stereocenters. The van der Waals surface area contributed by atoms with Gasteiger partial charge in [-0.2, -0.15) is 0 Å². The van der Waals surface area contributed by atoms with Crippen LogP contribution in [0, 0.1) is 0 Å².